The van der Waals surface area contributed by atoms with Gasteiger partial charge in [-0.3, -0.25) is 0 Å². The van der Waals surface area contributed by atoms with Crippen LogP contribution in [0.25, 0.3) is 0 Å². The number of hydrogen-bond donors (Lipinski definition) is 0. The molecule has 0 saturated carbocycles. The molecule has 0 saturated heterocycles. The van der Waals surface area contributed by atoms with E-state index in [-0.39, 0.29) is 0 Å². The summed E-state index contributed by atoms with van der Waals surface area (Å²) in [6, 6.07) is 0. The highest BCUT2D eigenvalue weighted by atomic mass is 14.1. The highest BCUT2D eigenvalue weighted by Crippen LogP contribution is 2.20. The molecule has 0 amide bonds. The van der Waals surface area contributed by atoms with Gasteiger partial charge >= 0.3 is 0 Å². The Morgan fingerprint density at radius 3 is 2.62 bits per heavy atom. The van der Waals surface area contributed by atoms with Gasteiger partial charge in [0.15, 0.2) is 0 Å². The second kappa shape index (κ2) is 4.89. The SMILES string of the molecule is CC(C)C[C@H](C)C1=C=CC=CC=C1. The number of allylic oxidation sites excluding steroid dienone is 5. The van der Waals surface area contributed by atoms with Crippen molar-refractivity contribution in [3.8, 4) is 0 Å². The Bertz CT molecular complexity index is 270. The van der Waals surface area contributed by atoms with Crippen LogP contribution in [0, 0.1) is 11.8 Å². The molecule has 0 spiro atoms. The molecule has 70 valence electrons. The Balaban J connectivity index is 2.66. The normalized spacial score (nSPS) is 17.4. The van der Waals surface area contributed by atoms with Gasteiger partial charge in [-0.1, -0.05) is 45.1 Å². The van der Waals surface area contributed by atoms with E-state index in [1.54, 1.807) is 0 Å². The maximum absolute atomic E-state index is 3.30. The van der Waals surface area contributed by atoms with Crippen LogP contribution in [0.1, 0.15) is 27.2 Å². The van der Waals surface area contributed by atoms with Crippen LogP contribution in [-0.4, -0.2) is 0 Å². The van der Waals surface area contributed by atoms with Gasteiger partial charge in [0.05, 0.1) is 0 Å². The molecule has 0 aromatic heterocycles. The van der Waals surface area contributed by atoms with Gasteiger partial charge in [0.1, 0.15) is 0 Å². The molecule has 0 N–H and O–H groups in total. The Morgan fingerprint density at radius 1 is 1.15 bits per heavy atom. The van der Waals surface area contributed by atoms with Crippen LogP contribution in [0.5, 0.6) is 0 Å². The summed E-state index contributed by atoms with van der Waals surface area (Å²) >= 11 is 0. The van der Waals surface area contributed by atoms with Crippen LogP contribution < -0.4 is 0 Å². The van der Waals surface area contributed by atoms with E-state index in [1.807, 2.05) is 18.2 Å². The number of rotatable bonds is 3. The fourth-order valence-electron chi connectivity index (χ4n) is 1.61. The van der Waals surface area contributed by atoms with Crippen LogP contribution in [0.4, 0.5) is 0 Å². The summed E-state index contributed by atoms with van der Waals surface area (Å²) in [6.45, 7) is 6.80. The summed E-state index contributed by atoms with van der Waals surface area (Å²) in [5.41, 5.74) is 4.62. The summed E-state index contributed by atoms with van der Waals surface area (Å²) in [4.78, 5) is 0. The zero-order valence-electron chi connectivity index (χ0n) is 8.75. The first-order chi connectivity index (χ1) is 6.20. The molecule has 0 unspecified atom stereocenters. The zero-order chi connectivity index (χ0) is 9.68. The molecule has 13 heavy (non-hydrogen) atoms. The van der Waals surface area contributed by atoms with Crippen molar-refractivity contribution in [2.45, 2.75) is 27.2 Å². The third-order valence-electron chi connectivity index (χ3n) is 2.20. The minimum absolute atomic E-state index is 0.618. The predicted molar refractivity (Wildman–Crippen MR) is 58.5 cm³/mol. The van der Waals surface area contributed by atoms with Crippen LogP contribution in [0.15, 0.2) is 41.7 Å². The molecule has 0 heterocycles. The molecule has 0 heteroatoms. The van der Waals surface area contributed by atoms with E-state index < -0.39 is 0 Å². The maximum atomic E-state index is 3.30. The van der Waals surface area contributed by atoms with E-state index in [9.17, 15) is 0 Å². The van der Waals surface area contributed by atoms with Gasteiger partial charge < -0.3 is 0 Å². The van der Waals surface area contributed by atoms with Gasteiger partial charge in [-0.25, -0.2) is 0 Å². The summed E-state index contributed by atoms with van der Waals surface area (Å²) < 4.78 is 0. The Hall–Kier alpha value is -1.00. The van der Waals surface area contributed by atoms with E-state index in [4.69, 9.17) is 0 Å². The smallest absolute Gasteiger partial charge is 0.00320 e. The first-order valence-electron chi connectivity index (χ1n) is 5.00. The monoisotopic (exact) mass is 174 g/mol. The second-order valence-electron chi connectivity index (χ2n) is 4.04. The molecule has 0 radical (unpaired) electrons. The molecular weight excluding hydrogens is 156 g/mol. The van der Waals surface area contributed by atoms with Gasteiger partial charge in [0.25, 0.3) is 0 Å². The molecule has 1 aliphatic rings. The van der Waals surface area contributed by atoms with Crippen molar-refractivity contribution in [3.05, 3.63) is 41.7 Å². The van der Waals surface area contributed by atoms with Crippen molar-refractivity contribution in [2.24, 2.45) is 11.8 Å². The first-order valence-corrected chi connectivity index (χ1v) is 5.00. The van der Waals surface area contributed by atoms with Crippen molar-refractivity contribution in [1.29, 1.82) is 0 Å². The second-order valence-corrected chi connectivity index (χ2v) is 4.04. The molecule has 0 aromatic rings. The standard InChI is InChI=1S/C13H18/c1-11(2)10-12(3)13-8-6-4-5-7-9-13/h4-8,11-12H,10H2,1-3H3/t12-/m0/s1. The lowest BCUT2D eigenvalue weighted by atomic mass is 9.92. The third-order valence-corrected chi connectivity index (χ3v) is 2.20. The lowest BCUT2D eigenvalue weighted by Crippen LogP contribution is -2.01. The van der Waals surface area contributed by atoms with Gasteiger partial charge in [0, 0.05) is 0 Å². The van der Waals surface area contributed by atoms with Crippen molar-refractivity contribution >= 4 is 0 Å². The van der Waals surface area contributed by atoms with Crippen LogP contribution in [0.3, 0.4) is 0 Å². The van der Waals surface area contributed by atoms with Crippen LogP contribution in [-0.2, 0) is 0 Å². The molecule has 0 aromatic carbocycles. The van der Waals surface area contributed by atoms with E-state index in [0.717, 1.165) is 5.92 Å². The Morgan fingerprint density at radius 2 is 1.92 bits per heavy atom. The third kappa shape index (κ3) is 3.48. The van der Waals surface area contributed by atoms with E-state index in [2.05, 4.69) is 38.7 Å². The first kappa shape index (κ1) is 10.1. The lowest BCUT2D eigenvalue weighted by Gasteiger charge is -2.13. The molecular formula is C13H18. The predicted octanol–water partition coefficient (Wildman–Crippen LogP) is 3.88. The fraction of sp³-hybridized carbons (Fsp3) is 0.462. The largest absolute Gasteiger partial charge is 0.117 e. The summed E-state index contributed by atoms with van der Waals surface area (Å²) in [5.74, 6) is 1.38. The molecule has 1 aliphatic carbocycles. The summed E-state index contributed by atoms with van der Waals surface area (Å²) in [7, 11) is 0. The van der Waals surface area contributed by atoms with Crippen molar-refractivity contribution in [2.75, 3.05) is 0 Å². The van der Waals surface area contributed by atoms with Crippen molar-refractivity contribution in [3.63, 3.8) is 0 Å². The summed E-state index contributed by atoms with van der Waals surface area (Å²) in [5, 5.41) is 0. The van der Waals surface area contributed by atoms with Crippen molar-refractivity contribution in [1.82, 2.24) is 0 Å². The molecule has 1 atom stereocenters. The average molecular weight is 174 g/mol. The van der Waals surface area contributed by atoms with Crippen LogP contribution in [0.2, 0.25) is 0 Å². The molecule has 0 fully saturated rings. The lowest BCUT2D eigenvalue weighted by molar-refractivity contribution is 0.492. The number of hydrogen-bond acceptors (Lipinski definition) is 0. The van der Waals surface area contributed by atoms with Gasteiger partial charge in [-0.05, 0) is 29.9 Å². The minimum Gasteiger partial charge on any atom is -0.117 e. The Labute approximate surface area is 81.4 Å². The quantitative estimate of drug-likeness (QED) is 0.570. The van der Waals surface area contributed by atoms with Gasteiger partial charge in [0.2, 0.25) is 0 Å². The molecule has 1 rings (SSSR count). The van der Waals surface area contributed by atoms with E-state index in [1.165, 1.54) is 12.0 Å². The molecule has 0 aliphatic heterocycles. The molecule has 0 nitrogen and oxygen atoms in total. The van der Waals surface area contributed by atoms with Gasteiger partial charge in [-0.2, -0.15) is 0 Å². The maximum Gasteiger partial charge on any atom is -0.00320 e. The zero-order valence-corrected chi connectivity index (χ0v) is 8.75. The average Bonchev–Trinajstić information content (AvgIpc) is 2.29. The topological polar surface area (TPSA) is 0 Å². The molecule has 0 bridgehead atoms. The van der Waals surface area contributed by atoms with E-state index >= 15 is 0 Å². The highest BCUT2D eigenvalue weighted by Gasteiger charge is 2.07. The van der Waals surface area contributed by atoms with Gasteiger partial charge in [-0.15, -0.1) is 5.73 Å². The summed E-state index contributed by atoms with van der Waals surface area (Å²) in [6.07, 6.45) is 11.5. The highest BCUT2D eigenvalue weighted by molar-refractivity contribution is 5.29. The minimum atomic E-state index is 0.618. The Kier molecular flexibility index (Phi) is 3.79. The van der Waals surface area contributed by atoms with Crippen LogP contribution >= 0.6 is 0 Å². The van der Waals surface area contributed by atoms with Crippen molar-refractivity contribution < 1.29 is 0 Å². The van der Waals surface area contributed by atoms with E-state index in [0.29, 0.717) is 5.92 Å². The fourth-order valence-corrected chi connectivity index (χ4v) is 1.61.